The number of anilines is 1. The van der Waals surface area contributed by atoms with Gasteiger partial charge < -0.3 is 4.74 Å². The first-order chi connectivity index (χ1) is 15.1. The lowest BCUT2D eigenvalue weighted by atomic mass is 10.1. The molecule has 0 atom stereocenters. The summed E-state index contributed by atoms with van der Waals surface area (Å²) in [4.78, 5) is 17.0. The molecule has 0 aliphatic heterocycles. The normalized spacial score (nSPS) is 10.9. The number of carbonyl (C=O) groups is 1. The van der Waals surface area contributed by atoms with Crippen molar-refractivity contribution in [1.29, 1.82) is 0 Å². The Morgan fingerprint density at radius 2 is 1.81 bits per heavy atom. The van der Waals surface area contributed by atoms with Gasteiger partial charge in [-0.15, -0.1) is 11.3 Å². The number of aromatic nitrogens is 1. The minimum Gasteiger partial charge on any atom is -0.422 e. The number of ether oxygens (including phenoxy) is 1. The highest BCUT2D eigenvalue weighted by Crippen LogP contribution is 2.25. The Balaban J connectivity index is 1.43. The molecule has 154 valence electrons. The number of aryl methyl sites for hydroxylation is 1. The number of nitrogens with zero attached hydrogens (tertiary/aromatic N) is 2. The van der Waals surface area contributed by atoms with E-state index in [9.17, 15) is 4.79 Å². The van der Waals surface area contributed by atoms with Crippen molar-refractivity contribution in [3.63, 3.8) is 0 Å². The maximum atomic E-state index is 12.4. The highest BCUT2D eigenvalue weighted by atomic mass is 79.9. The van der Waals surface area contributed by atoms with Gasteiger partial charge in [-0.25, -0.2) is 9.78 Å². The molecule has 0 saturated heterocycles. The third kappa shape index (κ3) is 5.45. The van der Waals surface area contributed by atoms with Gasteiger partial charge in [-0.05, 0) is 43.3 Å². The van der Waals surface area contributed by atoms with Gasteiger partial charge in [0.25, 0.3) is 0 Å². The molecule has 0 aliphatic rings. The van der Waals surface area contributed by atoms with Gasteiger partial charge in [0, 0.05) is 21.0 Å². The number of thiazole rings is 1. The molecule has 0 amide bonds. The molecule has 0 spiro atoms. The zero-order chi connectivity index (χ0) is 21.6. The van der Waals surface area contributed by atoms with Crippen LogP contribution in [0.1, 0.15) is 21.5 Å². The number of nitrogens with one attached hydrogen (secondary N) is 1. The topological polar surface area (TPSA) is 63.6 Å². The number of esters is 1. The molecule has 0 fully saturated rings. The monoisotopic (exact) mass is 491 g/mol. The molecule has 5 nitrogen and oxygen atoms in total. The molecular weight excluding hydrogens is 474 g/mol. The van der Waals surface area contributed by atoms with E-state index < -0.39 is 5.97 Å². The SMILES string of the molecule is Cc1ccc(-c2csc(N/N=C/c3ccccc3OC(=O)c3ccc(Br)cc3)n2)cc1. The van der Waals surface area contributed by atoms with E-state index in [0.29, 0.717) is 22.0 Å². The van der Waals surface area contributed by atoms with Gasteiger partial charge in [-0.2, -0.15) is 5.10 Å². The van der Waals surface area contributed by atoms with E-state index in [-0.39, 0.29) is 0 Å². The largest absolute Gasteiger partial charge is 0.422 e. The Bertz CT molecular complexity index is 1220. The fourth-order valence-electron chi connectivity index (χ4n) is 2.76. The van der Waals surface area contributed by atoms with Crippen molar-refractivity contribution in [1.82, 2.24) is 4.98 Å². The Morgan fingerprint density at radius 1 is 1.06 bits per heavy atom. The number of para-hydroxylation sites is 1. The van der Waals surface area contributed by atoms with Crippen LogP contribution in [0, 0.1) is 6.92 Å². The summed E-state index contributed by atoms with van der Waals surface area (Å²) >= 11 is 4.83. The van der Waals surface area contributed by atoms with Crippen LogP contribution in [0.5, 0.6) is 5.75 Å². The summed E-state index contributed by atoms with van der Waals surface area (Å²) in [5.41, 5.74) is 7.26. The summed E-state index contributed by atoms with van der Waals surface area (Å²) < 4.78 is 6.46. The highest BCUT2D eigenvalue weighted by Gasteiger charge is 2.11. The maximum absolute atomic E-state index is 12.4. The molecule has 0 saturated carbocycles. The molecule has 1 heterocycles. The second kappa shape index (κ2) is 9.68. The fourth-order valence-corrected chi connectivity index (χ4v) is 3.70. The third-order valence-electron chi connectivity index (χ3n) is 4.42. The maximum Gasteiger partial charge on any atom is 0.343 e. The molecule has 1 aromatic heterocycles. The van der Waals surface area contributed by atoms with Crippen LogP contribution in [0.4, 0.5) is 5.13 Å². The quantitative estimate of drug-likeness (QED) is 0.144. The van der Waals surface area contributed by atoms with Crippen molar-refractivity contribution >= 4 is 44.6 Å². The Kier molecular flexibility index (Phi) is 6.54. The second-order valence-electron chi connectivity index (χ2n) is 6.71. The smallest absolute Gasteiger partial charge is 0.343 e. The number of carbonyl (C=O) groups excluding carboxylic acids is 1. The molecule has 4 rings (SSSR count). The number of hydrogen-bond donors (Lipinski definition) is 1. The van der Waals surface area contributed by atoms with Crippen molar-refractivity contribution in [3.05, 3.63) is 99.3 Å². The summed E-state index contributed by atoms with van der Waals surface area (Å²) in [6.45, 7) is 2.06. The molecule has 0 aliphatic carbocycles. The lowest BCUT2D eigenvalue weighted by Crippen LogP contribution is -2.09. The Labute approximate surface area is 192 Å². The Hall–Kier alpha value is -3.29. The second-order valence-corrected chi connectivity index (χ2v) is 8.48. The summed E-state index contributed by atoms with van der Waals surface area (Å²) in [7, 11) is 0. The predicted molar refractivity (Wildman–Crippen MR) is 129 cm³/mol. The molecule has 0 unspecified atom stereocenters. The van der Waals surface area contributed by atoms with Gasteiger partial charge in [0.15, 0.2) is 0 Å². The molecular formula is C24H18BrN3O2S. The summed E-state index contributed by atoms with van der Waals surface area (Å²) in [5, 5.41) is 6.92. The molecule has 4 aromatic rings. The fraction of sp³-hybridized carbons (Fsp3) is 0.0417. The van der Waals surface area contributed by atoms with Crippen LogP contribution in [-0.4, -0.2) is 17.2 Å². The van der Waals surface area contributed by atoms with Crippen LogP contribution < -0.4 is 10.2 Å². The number of benzene rings is 3. The van der Waals surface area contributed by atoms with Crippen molar-refractivity contribution in [2.75, 3.05) is 5.43 Å². The minimum atomic E-state index is -0.427. The van der Waals surface area contributed by atoms with Crippen molar-refractivity contribution in [2.45, 2.75) is 6.92 Å². The van der Waals surface area contributed by atoms with Gasteiger partial charge in [-0.3, -0.25) is 5.43 Å². The average molecular weight is 492 g/mol. The van der Waals surface area contributed by atoms with Crippen LogP contribution in [0.25, 0.3) is 11.3 Å². The molecule has 1 N–H and O–H groups in total. The first-order valence-electron chi connectivity index (χ1n) is 9.47. The molecule has 7 heteroatoms. The van der Waals surface area contributed by atoms with E-state index in [1.165, 1.54) is 16.9 Å². The molecule has 31 heavy (non-hydrogen) atoms. The zero-order valence-corrected chi connectivity index (χ0v) is 19.0. The number of hydrogen-bond acceptors (Lipinski definition) is 6. The van der Waals surface area contributed by atoms with Crippen LogP contribution in [0.15, 0.2) is 87.8 Å². The first-order valence-corrected chi connectivity index (χ1v) is 11.1. The van der Waals surface area contributed by atoms with E-state index in [1.807, 2.05) is 35.7 Å². The highest BCUT2D eigenvalue weighted by molar-refractivity contribution is 9.10. The van der Waals surface area contributed by atoms with Crippen molar-refractivity contribution in [3.8, 4) is 17.0 Å². The number of hydrazone groups is 1. The number of halogens is 1. The van der Waals surface area contributed by atoms with Crippen LogP contribution in [0.3, 0.4) is 0 Å². The van der Waals surface area contributed by atoms with E-state index in [4.69, 9.17) is 4.74 Å². The van der Waals surface area contributed by atoms with Crippen LogP contribution in [0.2, 0.25) is 0 Å². The molecule has 0 bridgehead atoms. The minimum absolute atomic E-state index is 0.427. The first kappa shape index (κ1) is 21.0. The number of rotatable bonds is 6. The van der Waals surface area contributed by atoms with Crippen molar-refractivity contribution < 1.29 is 9.53 Å². The van der Waals surface area contributed by atoms with Gasteiger partial charge in [-0.1, -0.05) is 57.9 Å². The lowest BCUT2D eigenvalue weighted by Gasteiger charge is -2.07. The van der Waals surface area contributed by atoms with Crippen LogP contribution in [-0.2, 0) is 0 Å². The van der Waals surface area contributed by atoms with E-state index >= 15 is 0 Å². The van der Waals surface area contributed by atoms with Gasteiger partial charge in [0.2, 0.25) is 5.13 Å². The van der Waals surface area contributed by atoms with Gasteiger partial charge in [0.05, 0.1) is 17.5 Å². The van der Waals surface area contributed by atoms with Gasteiger partial charge in [0.1, 0.15) is 5.75 Å². The standard InChI is InChI=1S/C24H18BrN3O2S/c1-16-6-8-17(9-7-16)21-15-31-24(27-21)28-26-14-19-4-2-3-5-22(19)30-23(29)18-10-12-20(25)13-11-18/h2-15H,1H3,(H,27,28)/b26-14+. The zero-order valence-electron chi connectivity index (χ0n) is 16.6. The summed E-state index contributed by atoms with van der Waals surface area (Å²) in [6, 6.07) is 22.5. The summed E-state index contributed by atoms with van der Waals surface area (Å²) in [5.74, 6) is 0.00410. The van der Waals surface area contributed by atoms with Crippen LogP contribution >= 0.6 is 27.3 Å². The lowest BCUT2D eigenvalue weighted by molar-refractivity contribution is 0.0734. The van der Waals surface area contributed by atoms with E-state index in [2.05, 4.69) is 50.5 Å². The average Bonchev–Trinajstić information content (AvgIpc) is 3.25. The molecule has 3 aromatic carbocycles. The summed E-state index contributed by atoms with van der Waals surface area (Å²) in [6.07, 6.45) is 1.61. The van der Waals surface area contributed by atoms with Gasteiger partial charge >= 0.3 is 5.97 Å². The molecule has 0 radical (unpaired) electrons. The van der Waals surface area contributed by atoms with Crippen molar-refractivity contribution in [2.24, 2.45) is 5.10 Å². The Morgan fingerprint density at radius 3 is 2.58 bits per heavy atom. The van der Waals surface area contributed by atoms with E-state index in [0.717, 1.165) is 15.7 Å². The van der Waals surface area contributed by atoms with E-state index in [1.54, 1.807) is 36.5 Å². The predicted octanol–water partition coefficient (Wildman–Crippen LogP) is 6.55. The third-order valence-corrected chi connectivity index (χ3v) is 5.69.